The monoisotopic (exact) mass is 472 g/mol. The van der Waals surface area contributed by atoms with Crippen molar-refractivity contribution in [2.24, 2.45) is 0 Å². The second-order valence-electron chi connectivity index (χ2n) is 6.97. The Labute approximate surface area is 190 Å². The summed E-state index contributed by atoms with van der Waals surface area (Å²) in [6, 6.07) is 21.1. The first-order chi connectivity index (χ1) is 15.1. The van der Waals surface area contributed by atoms with Crippen LogP contribution in [0.5, 0.6) is 0 Å². The van der Waals surface area contributed by atoms with E-state index in [-0.39, 0.29) is 0 Å². The van der Waals surface area contributed by atoms with E-state index in [0.717, 1.165) is 0 Å². The average molecular weight is 473 g/mol. The Morgan fingerprint density at radius 1 is 0.613 bits per heavy atom. The first-order valence-corrected chi connectivity index (χ1v) is 18.8. The van der Waals surface area contributed by atoms with Gasteiger partial charge in [-0.3, -0.25) is 0 Å². The average Bonchev–Trinajstić information content (AvgIpc) is 2.81. The fourth-order valence-corrected chi connectivity index (χ4v) is 34.7. The molecule has 1 unspecified atom stereocenters. The number of hydrogen-bond donors (Lipinski definition) is 0. The van der Waals surface area contributed by atoms with Crippen molar-refractivity contribution in [3.05, 3.63) is 85.2 Å². The fraction of sp³-hybridized carbons (Fsp3) is 0.333. The highest BCUT2D eigenvalue weighted by molar-refractivity contribution is 7.72. The Morgan fingerprint density at radius 2 is 1.00 bits per heavy atom. The van der Waals surface area contributed by atoms with Gasteiger partial charge >= 0.3 is 15.7 Å². The molecule has 0 bridgehead atoms. The van der Waals surface area contributed by atoms with E-state index in [1.54, 1.807) is 0 Å². The van der Waals surface area contributed by atoms with Gasteiger partial charge in [-0.15, -0.1) is 13.2 Å². The highest BCUT2D eigenvalue weighted by Gasteiger charge is 2.74. The summed E-state index contributed by atoms with van der Waals surface area (Å²) in [4.78, 5) is 0. The van der Waals surface area contributed by atoms with Crippen molar-refractivity contribution >= 4 is 33.6 Å². The molecule has 1 atom stereocenters. The van der Waals surface area contributed by atoms with E-state index in [2.05, 4.69) is 67.4 Å². The van der Waals surface area contributed by atoms with Gasteiger partial charge in [-0.2, -0.15) is 0 Å². The molecule has 0 radical (unpaired) electrons. The van der Waals surface area contributed by atoms with Crippen molar-refractivity contribution in [3.8, 4) is 0 Å². The molecule has 0 fully saturated rings. The molecule has 0 N–H and O–H groups in total. The van der Waals surface area contributed by atoms with Gasteiger partial charge < -0.3 is 17.7 Å². The van der Waals surface area contributed by atoms with E-state index >= 15 is 0 Å². The van der Waals surface area contributed by atoms with Crippen molar-refractivity contribution in [2.45, 2.75) is 27.7 Å². The Hall–Kier alpha value is -1.59. The van der Waals surface area contributed by atoms with Crippen LogP contribution in [0.3, 0.4) is 0 Å². The molecule has 4 nitrogen and oxygen atoms in total. The Bertz CT molecular complexity index is 760. The van der Waals surface area contributed by atoms with Crippen LogP contribution < -0.4 is 10.4 Å². The minimum atomic E-state index is -3.33. The van der Waals surface area contributed by atoms with Gasteiger partial charge in [-0.1, -0.05) is 72.1 Å². The van der Waals surface area contributed by atoms with Crippen LogP contribution in [0.2, 0.25) is 0 Å². The van der Waals surface area contributed by atoms with Crippen LogP contribution in [-0.2, 0) is 17.7 Å². The zero-order chi connectivity index (χ0) is 22.8. The highest BCUT2D eigenvalue weighted by Crippen LogP contribution is 2.34. The number of benzene rings is 2. The lowest BCUT2D eigenvalue weighted by Crippen LogP contribution is -2.88. The summed E-state index contributed by atoms with van der Waals surface area (Å²) in [5.41, 5.74) is 4.14. The van der Waals surface area contributed by atoms with Gasteiger partial charge in [-0.05, 0) is 38.1 Å². The lowest BCUT2D eigenvalue weighted by molar-refractivity contribution is 0.0847. The molecule has 2 aromatic rings. The van der Waals surface area contributed by atoms with Crippen LogP contribution in [0, 0.1) is 0 Å². The van der Waals surface area contributed by atoms with Gasteiger partial charge in [0.2, 0.25) is 0 Å². The van der Waals surface area contributed by atoms with Crippen molar-refractivity contribution < 1.29 is 17.7 Å². The largest absolute Gasteiger partial charge is 0.506 e. The summed E-state index contributed by atoms with van der Waals surface area (Å²) in [6.07, 6.45) is 0. The van der Waals surface area contributed by atoms with Crippen molar-refractivity contribution in [1.29, 1.82) is 0 Å². The minimum absolute atomic E-state index is 0.479. The zero-order valence-corrected chi connectivity index (χ0v) is 22.3. The first kappa shape index (κ1) is 25.7. The Kier molecular flexibility index (Phi) is 9.83. The lowest BCUT2D eigenvalue weighted by atomic mass is 10.4. The molecule has 0 heterocycles. The van der Waals surface area contributed by atoms with E-state index < -0.39 is 23.3 Å². The lowest BCUT2D eigenvalue weighted by Gasteiger charge is -2.50. The summed E-state index contributed by atoms with van der Waals surface area (Å²) < 4.78 is 26.4. The Morgan fingerprint density at radius 3 is 1.29 bits per heavy atom. The predicted molar refractivity (Wildman–Crippen MR) is 136 cm³/mol. The molecule has 0 saturated carbocycles. The van der Waals surface area contributed by atoms with Gasteiger partial charge in [0.25, 0.3) is 0 Å². The molecule has 0 saturated heterocycles. The van der Waals surface area contributed by atoms with Gasteiger partial charge in [0.15, 0.2) is 7.59 Å². The Balaban J connectivity index is 3.05. The van der Waals surface area contributed by atoms with Gasteiger partial charge in [0.1, 0.15) is 0 Å². The maximum Gasteiger partial charge on any atom is 0.506 e. The number of rotatable bonds is 14. The SMILES string of the molecule is C=C[Si](c1ccccc1)(c1ccccc1)[Si](C=C)(OCC)[Si](OCC)(OCC)OCC. The summed E-state index contributed by atoms with van der Waals surface area (Å²) in [7, 11) is -9.27. The van der Waals surface area contributed by atoms with E-state index in [9.17, 15) is 0 Å². The van der Waals surface area contributed by atoms with Crippen LogP contribution in [0.4, 0.5) is 0 Å². The van der Waals surface area contributed by atoms with Crippen LogP contribution in [0.1, 0.15) is 27.7 Å². The van der Waals surface area contributed by atoms with E-state index in [0.29, 0.717) is 26.4 Å². The molecule has 2 rings (SSSR count). The maximum atomic E-state index is 6.87. The van der Waals surface area contributed by atoms with Crippen LogP contribution in [0.25, 0.3) is 0 Å². The molecule has 0 spiro atoms. The molecule has 2 aromatic carbocycles. The molecule has 7 heteroatoms. The van der Waals surface area contributed by atoms with E-state index in [4.69, 9.17) is 17.7 Å². The number of hydrogen-bond acceptors (Lipinski definition) is 4. The molecular weight excluding hydrogens is 437 g/mol. The van der Waals surface area contributed by atoms with Crippen LogP contribution >= 0.6 is 0 Å². The zero-order valence-electron chi connectivity index (χ0n) is 19.3. The van der Waals surface area contributed by atoms with E-state index in [1.165, 1.54) is 10.4 Å². The third kappa shape index (κ3) is 4.49. The smallest absolute Gasteiger partial charge is 0.410 e. The minimum Gasteiger partial charge on any atom is -0.410 e. The quantitative estimate of drug-likeness (QED) is 0.391. The van der Waals surface area contributed by atoms with E-state index in [1.807, 2.05) is 45.5 Å². The van der Waals surface area contributed by atoms with Crippen molar-refractivity contribution in [1.82, 2.24) is 0 Å². The fourth-order valence-electron chi connectivity index (χ4n) is 4.42. The molecule has 168 valence electrons. The van der Waals surface area contributed by atoms with Gasteiger partial charge in [-0.25, -0.2) is 0 Å². The molecule has 0 aromatic heterocycles. The topological polar surface area (TPSA) is 36.9 Å². The molecular formula is C24H36O4Si3. The van der Waals surface area contributed by atoms with Crippen LogP contribution in [-0.4, -0.2) is 49.7 Å². The van der Waals surface area contributed by atoms with Crippen LogP contribution in [0.15, 0.2) is 85.2 Å². The second kappa shape index (κ2) is 11.9. The third-order valence-corrected chi connectivity index (χ3v) is 32.3. The molecule has 0 aliphatic rings. The van der Waals surface area contributed by atoms with Gasteiger partial charge in [0, 0.05) is 26.4 Å². The standard InChI is InChI=1S/C24H36O4Si3/c1-7-25-30(12-6,31(26-8-2,27-9-3)28-10-4)29(11-5,23-19-15-13-16-20-23)24-21-17-14-18-22-24/h11-22H,5-10H2,1-4H3. The normalized spacial score (nSPS) is 14.1. The molecule has 0 aliphatic heterocycles. The first-order valence-electron chi connectivity index (χ1n) is 11.0. The molecule has 0 aliphatic carbocycles. The van der Waals surface area contributed by atoms with Crippen molar-refractivity contribution in [3.63, 3.8) is 0 Å². The summed E-state index contributed by atoms with van der Waals surface area (Å²) >= 11 is 0. The molecule has 0 amide bonds. The summed E-state index contributed by atoms with van der Waals surface area (Å²) in [5.74, 6) is 0. The predicted octanol–water partition coefficient (Wildman–Crippen LogP) is 3.89. The third-order valence-electron chi connectivity index (χ3n) is 5.47. The van der Waals surface area contributed by atoms with Gasteiger partial charge in [0.05, 0.1) is 0 Å². The summed E-state index contributed by atoms with van der Waals surface area (Å²) in [6.45, 7) is 18.7. The second-order valence-corrected chi connectivity index (χ2v) is 24.5. The highest BCUT2D eigenvalue weighted by atomic mass is 29.7. The maximum absolute atomic E-state index is 6.87. The summed E-state index contributed by atoms with van der Waals surface area (Å²) in [5, 5.41) is 2.40. The van der Waals surface area contributed by atoms with Crippen molar-refractivity contribution in [2.75, 3.05) is 26.4 Å². The molecule has 31 heavy (non-hydrogen) atoms.